The second-order valence-corrected chi connectivity index (χ2v) is 4.86. The van der Waals surface area contributed by atoms with Crippen LogP contribution in [0.4, 0.5) is 0 Å². The van der Waals surface area contributed by atoms with Crippen molar-refractivity contribution in [3.8, 4) is 0 Å². The number of hydrogen-bond acceptors (Lipinski definition) is 4. The number of hydrogen-bond donors (Lipinski definition) is 2. The smallest absolute Gasteiger partial charge is 0.237 e. The quantitative estimate of drug-likeness (QED) is 0.828. The monoisotopic (exact) mass is 271 g/mol. The van der Waals surface area contributed by atoms with Gasteiger partial charge in [0.05, 0.1) is 18.8 Å². The minimum Gasteiger partial charge on any atom is -0.353 e. The Kier molecular flexibility index (Phi) is 3.73. The first-order chi connectivity index (χ1) is 9.83. The van der Waals surface area contributed by atoms with Crippen molar-refractivity contribution in [2.75, 3.05) is 6.54 Å². The van der Waals surface area contributed by atoms with E-state index in [1.165, 1.54) is 11.1 Å². The SMILES string of the molecule is O=C(NCCn1ccnn1)[C@H]1Cc2ccccc2CN1. The summed E-state index contributed by atoms with van der Waals surface area (Å²) in [6, 6.07) is 8.08. The molecule has 0 unspecified atom stereocenters. The summed E-state index contributed by atoms with van der Waals surface area (Å²) in [6.45, 7) is 1.94. The van der Waals surface area contributed by atoms with Gasteiger partial charge in [0.25, 0.3) is 0 Å². The third-order valence-electron chi connectivity index (χ3n) is 3.51. The highest BCUT2D eigenvalue weighted by atomic mass is 16.2. The summed E-state index contributed by atoms with van der Waals surface area (Å²) in [5.41, 5.74) is 2.53. The van der Waals surface area contributed by atoms with E-state index in [9.17, 15) is 4.79 Å². The molecule has 1 aliphatic heterocycles. The Hall–Kier alpha value is -2.21. The number of fused-ring (bicyclic) bond motifs is 1. The highest BCUT2D eigenvalue weighted by molar-refractivity contribution is 5.82. The molecule has 0 aliphatic carbocycles. The van der Waals surface area contributed by atoms with E-state index in [1.54, 1.807) is 17.1 Å². The molecule has 20 heavy (non-hydrogen) atoms. The van der Waals surface area contributed by atoms with Crippen LogP contribution in [0.2, 0.25) is 0 Å². The average Bonchev–Trinajstić information content (AvgIpc) is 3.00. The van der Waals surface area contributed by atoms with Gasteiger partial charge in [0.2, 0.25) is 5.91 Å². The van der Waals surface area contributed by atoms with Gasteiger partial charge in [0.1, 0.15) is 0 Å². The summed E-state index contributed by atoms with van der Waals surface area (Å²) in [4.78, 5) is 12.1. The molecular formula is C14H17N5O. The topological polar surface area (TPSA) is 71.8 Å². The molecule has 0 radical (unpaired) electrons. The zero-order valence-corrected chi connectivity index (χ0v) is 11.1. The van der Waals surface area contributed by atoms with E-state index in [0.29, 0.717) is 13.1 Å². The number of carbonyl (C=O) groups is 1. The molecule has 0 spiro atoms. The maximum absolute atomic E-state index is 12.1. The normalized spacial score (nSPS) is 17.5. The standard InChI is InChI=1S/C14H17N5O/c20-14(15-5-7-19-8-6-17-18-19)13-9-11-3-1-2-4-12(11)10-16-13/h1-4,6,8,13,16H,5,7,9-10H2,(H,15,20)/t13-/m1/s1. The molecule has 1 atom stereocenters. The van der Waals surface area contributed by atoms with Crippen LogP contribution in [0.15, 0.2) is 36.7 Å². The summed E-state index contributed by atoms with van der Waals surface area (Å²) in [6.07, 6.45) is 4.15. The van der Waals surface area contributed by atoms with Crippen LogP contribution in [-0.4, -0.2) is 33.5 Å². The Morgan fingerprint density at radius 3 is 3.05 bits per heavy atom. The first kappa shape index (κ1) is 12.8. The van der Waals surface area contributed by atoms with Gasteiger partial charge in [0, 0.05) is 19.3 Å². The predicted molar refractivity (Wildman–Crippen MR) is 73.8 cm³/mol. The molecule has 104 valence electrons. The Bertz CT molecular complexity index is 581. The number of nitrogens with one attached hydrogen (secondary N) is 2. The van der Waals surface area contributed by atoms with Gasteiger partial charge < -0.3 is 10.6 Å². The number of amides is 1. The predicted octanol–water partition coefficient (Wildman–Crippen LogP) is 0.109. The maximum atomic E-state index is 12.1. The van der Waals surface area contributed by atoms with Gasteiger partial charge in [-0.25, -0.2) is 0 Å². The fraction of sp³-hybridized carbons (Fsp3) is 0.357. The van der Waals surface area contributed by atoms with E-state index < -0.39 is 0 Å². The maximum Gasteiger partial charge on any atom is 0.237 e. The number of rotatable bonds is 4. The number of carbonyl (C=O) groups excluding carboxylic acids is 1. The van der Waals surface area contributed by atoms with Gasteiger partial charge >= 0.3 is 0 Å². The van der Waals surface area contributed by atoms with Crippen LogP contribution in [0.3, 0.4) is 0 Å². The van der Waals surface area contributed by atoms with Crippen LogP contribution >= 0.6 is 0 Å². The lowest BCUT2D eigenvalue weighted by atomic mass is 9.95. The van der Waals surface area contributed by atoms with E-state index in [4.69, 9.17) is 0 Å². The first-order valence-corrected chi connectivity index (χ1v) is 6.75. The van der Waals surface area contributed by atoms with Crippen molar-refractivity contribution in [3.05, 3.63) is 47.8 Å². The summed E-state index contributed by atoms with van der Waals surface area (Å²) >= 11 is 0. The Morgan fingerprint density at radius 1 is 1.40 bits per heavy atom. The molecule has 0 fully saturated rings. The van der Waals surface area contributed by atoms with E-state index in [1.807, 2.05) is 12.1 Å². The van der Waals surface area contributed by atoms with Gasteiger partial charge in [-0.15, -0.1) is 5.10 Å². The molecule has 1 aliphatic rings. The van der Waals surface area contributed by atoms with E-state index in [-0.39, 0.29) is 11.9 Å². The largest absolute Gasteiger partial charge is 0.353 e. The zero-order valence-electron chi connectivity index (χ0n) is 11.1. The van der Waals surface area contributed by atoms with Gasteiger partial charge in [-0.05, 0) is 17.5 Å². The molecule has 0 saturated heterocycles. The Balaban J connectivity index is 1.51. The second kappa shape index (κ2) is 5.83. The fourth-order valence-electron chi connectivity index (χ4n) is 2.41. The summed E-state index contributed by atoms with van der Waals surface area (Å²) in [5, 5.41) is 13.8. The van der Waals surface area contributed by atoms with Crippen LogP contribution in [-0.2, 0) is 24.3 Å². The lowest BCUT2D eigenvalue weighted by Gasteiger charge is -2.25. The summed E-state index contributed by atoms with van der Waals surface area (Å²) in [5.74, 6) is 0.0413. The van der Waals surface area contributed by atoms with E-state index >= 15 is 0 Å². The molecule has 6 heteroatoms. The molecule has 1 aromatic heterocycles. The number of benzene rings is 1. The van der Waals surface area contributed by atoms with Crippen molar-refractivity contribution in [1.29, 1.82) is 0 Å². The van der Waals surface area contributed by atoms with Gasteiger partial charge in [0.15, 0.2) is 0 Å². The molecular weight excluding hydrogens is 254 g/mol. The van der Waals surface area contributed by atoms with Crippen LogP contribution < -0.4 is 10.6 Å². The zero-order chi connectivity index (χ0) is 13.8. The number of aromatic nitrogens is 3. The molecule has 2 aromatic rings. The van der Waals surface area contributed by atoms with E-state index in [0.717, 1.165) is 13.0 Å². The van der Waals surface area contributed by atoms with Gasteiger partial charge in [-0.1, -0.05) is 29.5 Å². The number of nitrogens with zero attached hydrogens (tertiary/aromatic N) is 3. The van der Waals surface area contributed by atoms with Crippen molar-refractivity contribution in [2.24, 2.45) is 0 Å². The molecule has 0 saturated carbocycles. The van der Waals surface area contributed by atoms with Crippen LogP contribution in [0.5, 0.6) is 0 Å². The third kappa shape index (κ3) is 2.85. The van der Waals surface area contributed by atoms with E-state index in [2.05, 4.69) is 33.1 Å². The minimum atomic E-state index is -0.152. The molecule has 6 nitrogen and oxygen atoms in total. The van der Waals surface area contributed by atoms with Crippen molar-refractivity contribution >= 4 is 5.91 Å². The summed E-state index contributed by atoms with van der Waals surface area (Å²) in [7, 11) is 0. The highest BCUT2D eigenvalue weighted by Crippen LogP contribution is 2.16. The van der Waals surface area contributed by atoms with Crippen LogP contribution in [0.25, 0.3) is 0 Å². The lowest BCUT2D eigenvalue weighted by molar-refractivity contribution is -0.123. The van der Waals surface area contributed by atoms with Crippen molar-refractivity contribution in [2.45, 2.75) is 25.6 Å². The fourth-order valence-corrected chi connectivity index (χ4v) is 2.41. The molecule has 2 N–H and O–H groups in total. The Labute approximate surface area is 117 Å². The van der Waals surface area contributed by atoms with Crippen molar-refractivity contribution < 1.29 is 4.79 Å². The third-order valence-corrected chi connectivity index (χ3v) is 3.51. The van der Waals surface area contributed by atoms with Crippen molar-refractivity contribution in [3.63, 3.8) is 0 Å². The molecule has 0 bridgehead atoms. The van der Waals surface area contributed by atoms with Crippen LogP contribution in [0, 0.1) is 0 Å². The first-order valence-electron chi connectivity index (χ1n) is 6.75. The van der Waals surface area contributed by atoms with Gasteiger partial charge in [-0.3, -0.25) is 9.48 Å². The molecule has 1 amide bonds. The lowest BCUT2D eigenvalue weighted by Crippen LogP contribution is -2.48. The molecule has 1 aromatic carbocycles. The Morgan fingerprint density at radius 2 is 2.25 bits per heavy atom. The average molecular weight is 271 g/mol. The highest BCUT2D eigenvalue weighted by Gasteiger charge is 2.23. The van der Waals surface area contributed by atoms with Crippen molar-refractivity contribution in [1.82, 2.24) is 25.6 Å². The van der Waals surface area contributed by atoms with Gasteiger partial charge in [-0.2, -0.15) is 0 Å². The molecule has 3 rings (SSSR count). The summed E-state index contributed by atoms with van der Waals surface area (Å²) < 4.78 is 1.70. The second-order valence-electron chi connectivity index (χ2n) is 4.86. The minimum absolute atomic E-state index is 0.0413. The van der Waals surface area contributed by atoms with Crippen LogP contribution in [0.1, 0.15) is 11.1 Å². The molecule has 2 heterocycles.